The van der Waals surface area contributed by atoms with Crippen LogP contribution < -0.4 is 0 Å². The molecule has 1 aromatic heterocycles. The monoisotopic (exact) mass is 255 g/mol. The molecule has 1 heteroatoms. The minimum absolute atomic E-state index is 0.655. The maximum atomic E-state index is 4.56. The van der Waals surface area contributed by atoms with Crippen molar-refractivity contribution in [3.8, 4) is 0 Å². The molecule has 1 heterocycles. The molecule has 2 aromatic rings. The van der Waals surface area contributed by atoms with E-state index in [1.54, 1.807) is 0 Å². The lowest BCUT2D eigenvalue weighted by Crippen LogP contribution is -2.05. The summed E-state index contributed by atoms with van der Waals surface area (Å²) in [4.78, 5) is 4.56. The van der Waals surface area contributed by atoms with Crippen LogP contribution in [0.25, 0.3) is 10.9 Å². The Balaban J connectivity index is 2.46. The lowest BCUT2D eigenvalue weighted by molar-refractivity contribution is 0.448. The summed E-state index contributed by atoms with van der Waals surface area (Å²) >= 11 is 0. The number of pyridine rings is 1. The molecule has 0 radical (unpaired) electrons. The number of hydrogen-bond acceptors (Lipinski definition) is 1. The van der Waals surface area contributed by atoms with Crippen molar-refractivity contribution in [2.75, 3.05) is 0 Å². The van der Waals surface area contributed by atoms with E-state index in [1.807, 2.05) is 6.20 Å². The Kier molecular flexibility index (Phi) is 4.57. The Bertz CT molecular complexity index is 544. The van der Waals surface area contributed by atoms with Gasteiger partial charge in [-0.15, -0.1) is 0 Å². The van der Waals surface area contributed by atoms with Gasteiger partial charge >= 0.3 is 0 Å². The van der Waals surface area contributed by atoms with Gasteiger partial charge in [0.2, 0.25) is 0 Å². The van der Waals surface area contributed by atoms with Gasteiger partial charge in [-0.05, 0) is 48.8 Å². The van der Waals surface area contributed by atoms with Gasteiger partial charge in [-0.3, -0.25) is 4.98 Å². The van der Waals surface area contributed by atoms with E-state index in [2.05, 4.69) is 56.9 Å². The standard InChI is InChI=1S/C18H25N/c1-5-13(3)12-15(6-2)16-10-9-14(4)18-17(16)8-7-11-19-18/h7-11,13,15H,5-6,12H2,1-4H3. The molecule has 0 saturated carbocycles. The molecule has 1 nitrogen and oxygen atoms in total. The molecule has 2 atom stereocenters. The van der Waals surface area contributed by atoms with E-state index in [-0.39, 0.29) is 0 Å². The molecule has 0 fully saturated rings. The Morgan fingerprint density at radius 1 is 1.11 bits per heavy atom. The van der Waals surface area contributed by atoms with Gasteiger partial charge in [0.25, 0.3) is 0 Å². The molecule has 2 unspecified atom stereocenters. The van der Waals surface area contributed by atoms with Crippen LogP contribution in [0.2, 0.25) is 0 Å². The van der Waals surface area contributed by atoms with Gasteiger partial charge < -0.3 is 0 Å². The second-order valence-electron chi connectivity index (χ2n) is 5.73. The third kappa shape index (κ3) is 2.97. The predicted molar refractivity (Wildman–Crippen MR) is 83.6 cm³/mol. The minimum atomic E-state index is 0.655. The molecule has 0 bridgehead atoms. The summed E-state index contributed by atoms with van der Waals surface area (Å²) in [6.07, 6.45) is 5.64. The Hall–Kier alpha value is -1.37. The molecule has 2 rings (SSSR count). The highest BCUT2D eigenvalue weighted by Gasteiger charge is 2.16. The first-order chi connectivity index (χ1) is 9.17. The molecule has 0 aliphatic rings. The van der Waals surface area contributed by atoms with Crippen LogP contribution in [0, 0.1) is 12.8 Å². The molecular weight excluding hydrogens is 230 g/mol. The van der Waals surface area contributed by atoms with Gasteiger partial charge in [0.05, 0.1) is 5.52 Å². The van der Waals surface area contributed by atoms with E-state index in [4.69, 9.17) is 0 Å². The predicted octanol–water partition coefficient (Wildman–Crippen LogP) is 5.47. The molecule has 0 aliphatic heterocycles. The Labute approximate surface area is 117 Å². The Morgan fingerprint density at radius 3 is 2.58 bits per heavy atom. The fourth-order valence-electron chi connectivity index (χ4n) is 2.86. The van der Waals surface area contributed by atoms with E-state index >= 15 is 0 Å². The van der Waals surface area contributed by atoms with Crippen molar-refractivity contribution in [3.63, 3.8) is 0 Å². The number of fused-ring (bicyclic) bond motifs is 1. The van der Waals surface area contributed by atoms with Crippen LogP contribution in [0.1, 0.15) is 57.1 Å². The zero-order valence-corrected chi connectivity index (χ0v) is 12.6. The third-order valence-corrected chi connectivity index (χ3v) is 4.32. The van der Waals surface area contributed by atoms with Crippen LogP contribution in [-0.4, -0.2) is 4.98 Å². The van der Waals surface area contributed by atoms with Gasteiger partial charge in [-0.2, -0.15) is 0 Å². The fourth-order valence-corrected chi connectivity index (χ4v) is 2.86. The van der Waals surface area contributed by atoms with Crippen molar-refractivity contribution in [1.82, 2.24) is 4.98 Å². The van der Waals surface area contributed by atoms with E-state index < -0.39 is 0 Å². The van der Waals surface area contributed by atoms with Crippen LogP contribution in [0.5, 0.6) is 0 Å². The maximum absolute atomic E-state index is 4.56. The molecule has 1 aromatic carbocycles. The van der Waals surface area contributed by atoms with E-state index in [1.165, 1.54) is 41.3 Å². The lowest BCUT2D eigenvalue weighted by Gasteiger charge is -2.21. The summed E-state index contributed by atoms with van der Waals surface area (Å²) in [6.45, 7) is 9.09. The van der Waals surface area contributed by atoms with Crippen molar-refractivity contribution in [3.05, 3.63) is 41.6 Å². The van der Waals surface area contributed by atoms with Gasteiger partial charge in [0.15, 0.2) is 0 Å². The average Bonchev–Trinajstić information content (AvgIpc) is 2.45. The molecule has 0 saturated heterocycles. The summed E-state index contributed by atoms with van der Waals surface area (Å²) in [5.74, 6) is 1.44. The van der Waals surface area contributed by atoms with Crippen molar-refractivity contribution < 1.29 is 0 Å². The normalized spacial score (nSPS) is 14.5. The third-order valence-electron chi connectivity index (χ3n) is 4.32. The zero-order chi connectivity index (χ0) is 13.8. The van der Waals surface area contributed by atoms with Crippen LogP contribution >= 0.6 is 0 Å². The molecule has 0 N–H and O–H groups in total. The van der Waals surface area contributed by atoms with Gasteiger partial charge in [-0.1, -0.05) is 45.4 Å². The molecule has 0 amide bonds. The molecule has 102 valence electrons. The second-order valence-corrected chi connectivity index (χ2v) is 5.73. The van der Waals surface area contributed by atoms with Crippen LogP contribution in [0.3, 0.4) is 0 Å². The number of aryl methyl sites for hydroxylation is 1. The highest BCUT2D eigenvalue weighted by atomic mass is 14.6. The second kappa shape index (κ2) is 6.18. The van der Waals surface area contributed by atoms with Crippen molar-refractivity contribution in [1.29, 1.82) is 0 Å². The lowest BCUT2D eigenvalue weighted by atomic mass is 9.84. The van der Waals surface area contributed by atoms with Crippen LogP contribution in [-0.2, 0) is 0 Å². The van der Waals surface area contributed by atoms with Gasteiger partial charge in [-0.25, -0.2) is 0 Å². The molecule has 0 spiro atoms. The first kappa shape index (κ1) is 14.0. The average molecular weight is 255 g/mol. The van der Waals surface area contributed by atoms with Crippen molar-refractivity contribution >= 4 is 10.9 Å². The number of aromatic nitrogens is 1. The van der Waals surface area contributed by atoms with E-state index in [0.29, 0.717) is 5.92 Å². The van der Waals surface area contributed by atoms with Gasteiger partial charge in [0, 0.05) is 11.6 Å². The summed E-state index contributed by atoms with van der Waals surface area (Å²) in [5.41, 5.74) is 3.93. The first-order valence-corrected chi connectivity index (χ1v) is 7.51. The maximum Gasteiger partial charge on any atom is 0.0733 e. The summed E-state index contributed by atoms with van der Waals surface area (Å²) in [5, 5.41) is 1.35. The molecule has 0 aliphatic carbocycles. The summed E-state index contributed by atoms with van der Waals surface area (Å²) in [6, 6.07) is 8.82. The van der Waals surface area contributed by atoms with Crippen LogP contribution in [0.4, 0.5) is 0 Å². The Morgan fingerprint density at radius 2 is 1.89 bits per heavy atom. The highest BCUT2D eigenvalue weighted by molar-refractivity contribution is 5.85. The largest absolute Gasteiger partial charge is 0.256 e. The smallest absolute Gasteiger partial charge is 0.0733 e. The van der Waals surface area contributed by atoms with E-state index in [0.717, 1.165) is 5.92 Å². The van der Waals surface area contributed by atoms with E-state index in [9.17, 15) is 0 Å². The number of nitrogens with zero attached hydrogens (tertiary/aromatic N) is 1. The van der Waals surface area contributed by atoms with Crippen molar-refractivity contribution in [2.24, 2.45) is 5.92 Å². The highest BCUT2D eigenvalue weighted by Crippen LogP contribution is 2.33. The van der Waals surface area contributed by atoms with Crippen LogP contribution in [0.15, 0.2) is 30.5 Å². The summed E-state index contributed by atoms with van der Waals surface area (Å²) < 4.78 is 0. The number of benzene rings is 1. The zero-order valence-electron chi connectivity index (χ0n) is 12.6. The summed E-state index contributed by atoms with van der Waals surface area (Å²) in [7, 11) is 0. The minimum Gasteiger partial charge on any atom is -0.256 e. The topological polar surface area (TPSA) is 12.9 Å². The quantitative estimate of drug-likeness (QED) is 0.690. The first-order valence-electron chi connectivity index (χ1n) is 7.51. The van der Waals surface area contributed by atoms with Crippen molar-refractivity contribution in [2.45, 2.75) is 52.9 Å². The molecular formula is C18H25N. The number of hydrogen-bond donors (Lipinski definition) is 0. The van der Waals surface area contributed by atoms with Gasteiger partial charge in [0.1, 0.15) is 0 Å². The SMILES string of the molecule is CCC(C)CC(CC)c1ccc(C)c2ncccc12. The fraction of sp³-hybridized carbons (Fsp3) is 0.500. The molecule has 19 heavy (non-hydrogen) atoms. The number of rotatable bonds is 5.